The molecular formula is C16H18FNO2. The highest BCUT2D eigenvalue weighted by atomic mass is 19.1. The van der Waals surface area contributed by atoms with Gasteiger partial charge < -0.3 is 15.6 Å². The zero-order valence-electron chi connectivity index (χ0n) is 11.3. The van der Waals surface area contributed by atoms with Crippen LogP contribution in [0.5, 0.6) is 5.75 Å². The Balaban J connectivity index is 2.08. The van der Waals surface area contributed by atoms with Crippen molar-refractivity contribution in [2.24, 2.45) is 5.73 Å². The van der Waals surface area contributed by atoms with E-state index in [1.54, 1.807) is 6.92 Å². The molecule has 0 radical (unpaired) electrons. The molecular weight excluding hydrogens is 257 g/mol. The van der Waals surface area contributed by atoms with Crippen molar-refractivity contribution in [3.63, 3.8) is 0 Å². The molecule has 0 aliphatic carbocycles. The Hall–Kier alpha value is -1.91. The third-order valence-corrected chi connectivity index (χ3v) is 3.04. The van der Waals surface area contributed by atoms with Crippen molar-refractivity contribution in [1.29, 1.82) is 0 Å². The highest BCUT2D eigenvalue weighted by molar-refractivity contribution is 5.36. The fourth-order valence-corrected chi connectivity index (χ4v) is 1.95. The molecule has 0 amide bonds. The highest BCUT2D eigenvalue weighted by Gasteiger charge is 2.12. The largest absolute Gasteiger partial charge is 0.490 e. The quantitative estimate of drug-likeness (QED) is 0.882. The number of aliphatic hydroxyl groups is 1. The first-order chi connectivity index (χ1) is 9.58. The maximum atomic E-state index is 13.2. The van der Waals surface area contributed by atoms with Gasteiger partial charge in [-0.05, 0) is 30.7 Å². The van der Waals surface area contributed by atoms with Gasteiger partial charge in [0.2, 0.25) is 0 Å². The summed E-state index contributed by atoms with van der Waals surface area (Å²) in [6, 6.07) is 13.1. The van der Waals surface area contributed by atoms with Gasteiger partial charge in [0.1, 0.15) is 24.3 Å². The molecule has 0 saturated carbocycles. The van der Waals surface area contributed by atoms with Gasteiger partial charge in [0.05, 0.1) is 0 Å². The average Bonchev–Trinajstić information content (AvgIpc) is 2.46. The summed E-state index contributed by atoms with van der Waals surface area (Å²) in [6.07, 6.45) is -0.734. The molecule has 2 unspecified atom stereocenters. The van der Waals surface area contributed by atoms with Gasteiger partial charge in [-0.25, -0.2) is 4.39 Å². The molecule has 2 rings (SSSR count). The van der Waals surface area contributed by atoms with Crippen LogP contribution in [0.3, 0.4) is 0 Å². The topological polar surface area (TPSA) is 55.5 Å². The Kier molecular flexibility index (Phi) is 4.71. The van der Waals surface area contributed by atoms with Gasteiger partial charge in [0.25, 0.3) is 0 Å². The second-order valence-electron chi connectivity index (χ2n) is 4.71. The van der Waals surface area contributed by atoms with E-state index in [-0.39, 0.29) is 18.5 Å². The number of benzene rings is 2. The third-order valence-electron chi connectivity index (χ3n) is 3.04. The lowest BCUT2D eigenvalue weighted by atomic mass is 10.1. The fraction of sp³-hybridized carbons (Fsp3) is 0.250. The molecule has 2 aromatic carbocycles. The summed E-state index contributed by atoms with van der Waals surface area (Å²) in [5, 5.41) is 10.0. The van der Waals surface area contributed by atoms with E-state index in [4.69, 9.17) is 10.5 Å². The fourth-order valence-electron chi connectivity index (χ4n) is 1.95. The van der Waals surface area contributed by atoms with Crippen molar-refractivity contribution in [1.82, 2.24) is 0 Å². The summed E-state index contributed by atoms with van der Waals surface area (Å²) in [5.74, 6) is 0.143. The predicted molar refractivity (Wildman–Crippen MR) is 75.9 cm³/mol. The Morgan fingerprint density at radius 2 is 1.90 bits per heavy atom. The molecule has 0 heterocycles. The zero-order chi connectivity index (χ0) is 14.5. The smallest absolute Gasteiger partial charge is 0.124 e. The number of nitrogens with two attached hydrogens (primary N) is 1. The van der Waals surface area contributed by atoms with Gasteiger partial charge in [-0.15, -0.1) is 0 Å². The monoisotopic (exact) mass is 275 g/mol. The lowest BCUT2D eigenvalue weighted by molar-refractivity contribution is 0.107. The minimum atomic E-state index is -0.734. The number of ether oxygens (including phenoxy) is 1. The van der Waals surface area contributed by atoms with Crippen LogP contribution in [-0.4, -0.2) is 11.7 Å². The van der Waals surface area contributed by atoms with E-state index in [2.05, 4.69) is 0 Å². The summed E-state index contributed by atoms with van der Waals surface area (Å²) < 4.78 is 18.8. The number of hydrogen-bond donors (Lipinski definition) is 2. The Labute approximate surface area is 117 Å². The number of rotatable bonds is 5. The lowest BCUT2D eigenvalue weighted by Crippen LogP contribution is -2.13. The SMILES string of the molecule is CC(N)c1cc(F)ccc1OCC(O)c1ccccc1. The number of halogens is 1. The standard InChI is InChI=1S/C16H18FNO2/c1-11(18)14-9-13(17)7-8-16(14)20-10-15(19)12-5-3-2-4-6-12/h2-9,11,15,19H,10,18H2,1H3. The molecule has 106 valence electrons. The van der Waals surface area contributed by atoms with Crippen LogP contribution in [0.2, 0.25) is 0 Å². The lowest BCUT2D eigenvalue weighted by Gasteiger charge is -2.17. The van der Waals surface area contributed by atoms with Gasteiger partial charge in [0, 0.05) is 11.6 Å². The first kappa shape index (κ1) is 14.5. The van der Waals surface area contributed by atoms with Crippen LogP contribution in [0.4, 0.5) is 4.39 Å². The van der Waals surface area contributed by atoms with Crippen LogP contribution in [-0.2, 0) is 0 Å². The molecule has 2 atom stereocenters. The van der Waals surface area contributed by atoms with Crippen LogP contribution in [0.25, 0.3) is 0 Å². The van der Waals surface area contributed by atoms with E-state index in [9.17, 15) is 9.50 Å². The second kappa shape index (κ2) is 6.50. The van der Waals surface area contributed by atoms with Gasteiger partial charge in [-0.1, -0.05) is 30.3 Å². The van der Waals surface area contributed by atoms with Crippen LogP contribution < -0.4 is 10.5 Å². The van der Waals surface area contributed by atoms with Gasteiger partial charge in [-0.2, -0.15) is 0 Å². The maximum absolute atomic E-state index is 13.2. The molecule has 0 aromatic heterocycles. The highest BCUT2D eigenvalue weighted by Crippen LogP contribution is 2.26. The van der Waals surface area contributed by atoms with E-state index >= 15 is 0 Å². The van der Waals surface area contributed by atoms with Crippen molar-refractivity contribution in [2.45, 2.75) is 19.1 Å². The molecule has 4 heteroatoms. The van der Waals surface area contributed by atoms with Crippen molar-refractivity contribution in [3.8, 4) is 5.75 Å². The van der Waals surface area contributed by atoms with E-state index < -0.39 is 6.10 Å². The van der Waals surface area contributed by atoms with Crippen molar-refractivity contribution in [3.05, 3.63) is 65.5 Å². The molecule has 3 nitrogen and oxygen atoms in total. The summed E-state index contributed by atoms with van der Waals surface area (Å²) in [6.45, 7) is 1.85. The van der Waals surface area contributed by atoms with E-state index in [0.717, 1.165) is 5.56 Å². The molecule has 0 saturated heterocycles. The van der Waals surface area contributed by atoms with Crippen molar-refractivity contribution >= 4 is 0 Å². The minimum Gasteiger partial charge on any atom is -0.490 e. The molecule has 0 aliphatic heterocycles. The van der Waals surface area contributed by atoms with E-state index in [1.165, 1.54) is 18.2 Å². The second-order valence-corrected chi connectivity index (χ2v) is 4.71. The molecule has 0 bridgehead atoms. The molecule has 0 aliphatic rings. The van der Waals surface area contributed by atoms with Crippen LogP contribution >= 0.6 is 0 Å². The van der Waals surface area contributed by atoms with Gasteiger partial charge >= 0.3 is 0 Å². The Bertz CT molecular complexity index is 558. The summed E-state index contributed by atoms with van der Waals surface area (Å²) in [4.78, 5) is 0. The molecule has 0 spiro atoms. The Morgan fingerprint density at radius 3 is 2.55 bits per heavy atom. The van der Waals surface area contributed by atoms with Crippen LogP contribution in [0.15, 0.2) is 48.5 Å². The zero-order valence-corrected chi connectivity index (χ0v) is 11.3. The Morgan fingerprint density at radius 1 is 1.20 bits per heavy atom. The average molecular weight is 275 g/mol. The normalized spacial score (nSPS) is 13.8. The van der Waals surface area contributed by atoms with Gasteiger partial charge in [-0.3, -0.25) is 0 Å². The van der Waals surface area contributed by atoms with Crippen LogP contribution in [0, 0.1) is 5.82 Å². The van der Waals surface area contributed by atoms with E-state index in [0.29, 0.717) is 11.3 Å². The molecule has 3 N–H and O–H groups in total. The van der Waals surface area contributed by atoms with Gasteiger partial charge in [0.15, 0.2) is 0 Å². The maximum Gasteiger partial charge on any atom is 0.124 e. The van der Waals surface area contributed by atoms with Crippen molar-refractivity contribution < 1.29 is 14.2 Å². The molecule has 0 fully saturated rings. The first-order valence-corrected chi connectivity index (χ1v) is 6.48. The first-order valence-electron chi connectivity index (χ1n) is 6.48. The number of aliphatic hydroxyl groups excluding tert-OH is 1. The van der Waals surface area contributed by atoms with Crippen LogP contribution in [0.1, 0.15) is 30.2 Å². The molecule has 20 heavy (non-hydrogen) atoms. The van der Waals surface area contributed by atoms with E-state index in [1.807, 2.05) is 30.3 Å². The van der Waals surface area contributed by atoms with Crippen molar-refractivity contribution in [2.75, 3.05) is 6.61 Å². The predicted octanol–water partition coefficient (Wildman–Crippen LogP) is 2.96. The third kappa shape index (κ3) is 3.56. The summed E-state index contributed by atoms with van der Waals surface area (Å²) in [5.41, 5.74) is 7.15. The summed E-state index contributed by atoms with van der Waals surface area (Å²) in [7, 11) is 0. The molecule has 2 aromatic rings. The minimum absolute atomic E-state index is 0.0926. The summed E-state index contributed by atoms with van der Waals surface area (Å²) >= 11 is 0. The number of hydrogen-bond acceptors (Lipinski definition) is 3.